The number of aryl methyl sites for hydroxylation is 1. The van der Waals surface area contributed by atoms with Crippen molar-refractivity contribution in [1.29, 1.82) is 0 Å². The van der Waals surface area contributed by atoms with Gasteiger partial charge in [-0.2, -0.15) is 10.1 Å². The lowest BCUT2D eigenvalue weighted by Gasteiger charge is -2.26. The smallest absolute Gasteiger partial charge is 0.233 e. The molecule has 0 saturated heterocycles. The molecule has 0 aromatic carbocycles. The van der Waals surface area contributed by atoms with Crippen molar-refractivity contribution in [2.75, 3.05) is 10.8 Å². The van der Waals surface area contributed by atoms with E-state index >= 15 is 0 Å². The molecule has 3 heterocycles. The number of fused-ring (bicyclic) bond motifs is 1. The third-order valence-electron chi connectivity index (χ3n) is 2.64. The second-order valence-corrected chi connectivity index (χ2v) is 7.58. The highest BCUT2D eigenvalue weighted by Crippen LogP contribution is 2.31. The summed E-state index contributed by atoms with van der Waals surface area (Å²) in [5, 5.41) is 4.00. The molecule has 0 atom stereocenters. The van der Waals surface area contributed by atoms with Crippen LogP contribution < -0.4 is 4.31 Å². The van der Waals surface area contributed by atoms with Crippen molar-refractivity contribution in [3.63, 3.8) is 0 Å². The van der Waals surface area contributed by atoms with Crippen molar-refractivity contribution in [1.82, 2.24) is 14.8 Å². The zero-order valence-electron chi connectivity index (χ0n) is 9.15. The maximum Gasteiger partial charge on any atom is 0.276 e. The molecule has 3 rings (SSSR count). The molecule has 1 aliphatic heterocycles. The largest absolute Gasteiger partial charge is 0.276 e. The zero-order valence-corrected chi connectivity index (χ0v) is 11.5. The minimum absolute atomic E-state index is 0.226. The molecule has 0 saturated carbocycles. The summed E-state index contributed by atoms with van der Waals surface area (Å²) >= 11 is 6.83. The van der Waals surface area contributed by atoms with Gasteiger partial charge in [0, 0.05) is 13.1 Å². The van der Waals surface area contributed by atoms with Gasteiger partial charge in [0.2, 0.25) is 5.95 Å². The Balaban J connectivity index is 2.07. The molecule has 6 nitrogen and oxygen atoms in total. The van der Waals surface area contributed by atoms with Gasteiger partial charge < -0.3 is 0 Å². The summed E-state index contributed by atoms with van der Waals surface area (Å²) in [6.07, 6.45) is 2.08. The molecule has 0 unspecified atom stereocenters. The van der Waals surface area contributed by atoms with Crippen LogP contribution >= 0.6 is 22.9 Å². The molecule has 0 radical (unpaired) electrons. The highest BCUT2D eigenvalue weighted by molar-refractivity contribution is 7.94. The number of halogens is 1. The van der Waals surface area contributed by atoms with Gasteiger partial charge in [0.25, 0.3) is 10.0 Å². The van der Waals surface area contributed by atoms with Gasteiger partial charge in [0.1, 0.15) is 10.5 Å². The fraction of sp³-hybridized carbons (Fsp3) is 0.333. The van der Waals surface area contributed by atoms with Gasteiger partial charge in [-0.15, -0.1) is 11.3 Å². The second kappa shape index (κ2) is 4.22. The maximum absolute atomic E-state index is 12.5. The van der Waals surface area contributed by atoms with Gasteiger partial charge in [0.15, 0.2) is 0 Å². The minimum atomic E-state index is -3.58. The van der Waals surface area contributed by atoms with E-state index in [1.54, 1.807) is 10.7 Å². The summed E-state index contributed by atoms with van der Waals surface area (Å²) in [4.78, 5) is 4.01. The van der Waals surface area contributed by atoms with Gasteiger partial charge in [-0.3, -0.25) is 0 Å². The molecule has 0 aliphatic carbocycles. The van der Waals surface area contributed by atoms with Crippen molar-refractivity contribution >= 4 is 38.9 Å². The summed E-state index contributed by atoms with van der Waals surface area (Å²) in [6.45, 7) is 1.10. The molecule has 0 spiro atoms. The molecule has 96 valence electrons. The number of aromatic nitrogens is 3. The normalized spacial score (nSPS) is 15.7. The van der Waals surface area contributed by atoms with E-state index in [0.29, 0.717) is 29.8 Å². The van der Waals surface area contributed by atoms with Crippen LogP contribution in [-0.4, -0.2) is 29.7 Å². The zero-order chi connectivity index (χ0) is 12.8. The van der Waals surface area contributed by atoms with E-state index in [9.17, 15) is 8.42 Å². The van der Waals surface area contributed by atoms with E-state index in [2.05, 4.69) is 10.1 Å². The van der Waals surface area contributed by atoms with Crippen LogP contribution in [-0.2, 0) is 16.6 Å². The average molecular weight is 305 g/mol. The SMILES string of the molecule is O=S(=O)(c1ccc(Cl)s1)N1CCCn2ncnc21. The molecule has 0 amide bonds. The Hall–Kier alpha value is -1.12. The van der Waals surface area contributed by atoms with Crippen LogP contribution in [0.15, 0.2) is 22.7 Å². The fourth-order valence-electron chi connectivity index (χ4n) is 1.85. The van der Waals surface area contributed by atoms with Crippen molar-refractivity contribution in [3.8, 4) is 0 Å². The van der Waals surface area contributed by atoms with E-state index in [4.69, 9.17) is 11.6 Å². The molecule has 2 aromatic rings. The monoisotopic (exact) mass is 304 g/mol. The van der Waals surface area contributed by atoms with Crippen LogP contribution in [0.4, 0.5) is 5.95 Å². The molecule has 1 aliphatic rings. The number of thiophene rings is 1. The number of sulfonamides is 1. The van der Waals surface area contributed by atoms with Crippen molar-refractivity contribution in [2.24, 2.45) is 0 Å². The van der Waals surface area contributed by atoms with Gasteiger partial charge in [-0.25, -0.2) is 17.4 Å². The topological polar surface area (TPSA) is 68.1 Å². The Morgan fingerprint density at radius 3 is 2.89 bits per heavy atom. The van der Waals surface area contributed by atoms with Crippen LogP contribution in [0, 0.1) is 0 Å². The Morgan fingerprint density at radius 2 is 2.17 bits per heavy atom. The van der Waals surface area contributed by atoms with Crippen LogP contribution in [0.1, 0.15) is 6.42 Å². The number of anilines is 1. The first-order valence-electron chi connectivity index (χ1n) is 5.25. The first-order chi connectivity index (χ1) is 8.59. The van der Waals surface area contributed by atoms with Crippen LogP contribution in [0.3, 0.4) is 0 Å². The number of hydrogen-bond donors (Lipinski definition) is 0. The summed E-state index contributed by atoms with van der Waals surface area (Å²) in [5.74, 6) is 0.366. The molecular weight excluding hydrogens is 296 g/mol. The van der Waals surface area contributed by atoms with E-state index in [0.717, 1.165) is 11.3 Å². The van der Waals surface area contributed by atoms with E-state index < -0.39 is 10.0 Å². The van der Waals surface area contributed by atoms with E-state index in [-0.39, 0.29) is 4.21 Å². The summed E-state index contributed by atoms with van der Waals surface area (Å²) in [7, 11) is -3.58. The highest BCUT2D eigenvalue weighted by Gasteiger charge is 2.32. The second-order valence-electron chi connectivity index (χ2n) is 3.77. The van der Waals surface area contributed by atoms with Gasteiger partial charge >= 0.3 is 0 Å². The first kappa shape index (κ1) is 11.9. The first-order valence-corrected chi connectivity index (χ1v) is 7.88. The third kappa shape index (κ3) is 1.80. The molecule has 0 N–H and O–H groups in total. The molecule has 0 fully saturated rings. The lowest BCUT2D eigenvalue weighted by Crippen LogP contribution is -2.37. The van der Waals surface area contributed by atoms with Gasteiger partial charge in [0.05, 0.1) is 4.34 Å². The average Bonchev–Trinajstić information content (AvgIpc) is 2.96. The predicted octanol–water partition coefficient (Wildman–Crippen LogP) is 1.59. The summed E-state index contributed by atoms with van der Waals surface area (Å²) in [5.41, 5.74) is 0. The lowest BCUT2D eigenvalue weighted by molar-refractivity contribution is 0.530. The number of nitrogens with zero attached hydrogens (tertiary/aromatic N) is 4. The van der Waals surface area contributed by atoms with Crippen molar-refractivity contribution < 1.29 is 8.42 Å². The van der Waals surface area contributed by atoms with Crippen LogP contribution in [0.25, 0.3) is 0 Å². The molecule has 2 aromatic heterocycles. The molecule has 9 heteroatoms. The maximum atomic E-state index is 12.5. The van der Waals surface area contributed by atoms with Crippen LogP contribution in [0.5, 0.6) is 0 Å². The molecular formula is C9H9ClN4O2S2. The standard InChI is InChI=1S/C9H9ClN4O2S2/c10-7-2-3-8(17-7)18(15,16)14-5-1-4-13-9(14)11-6-12-13/h2-3,6H,1,4-5H2. The number of hydrogen-bond acceptors (Lipinski definition) is 5. The van der Waals surface area contributed by atoms with Gasteiger partial charge in [-0.05, 0) is 18.6 Å². The minimum Gasteiger partial charge on any atom is -0.233 e. The molecule has 0 bridgehead atoms. The highest BCUT2D eigenvalue weighted by atomic mass is 35.5. The van der Waals surface area contributed by atoms with Crippen molar-refractivity contribution in [2.45, 2.75) is 17.2 Å². The van der Waals surface area contributed by atoms with E-state index in [1.807, 2.05) is 0 Å². The van der Waals surface area contributed by atoms with Crippen LogP contribution in [0.2, 0.25) is 4.34 Å². The Morgan fingerprint density at radius 1 is 1.33 bits per heavy atom. The fourth-order valence-corrected chi connectivity index (χ4v) is 4.90. The Kier molecular flexibility index (Phi) is 2.80. The molecule has 18 heavy (non-hydrogen) atoms. The Labute approximate surface area is 113 Å². The lowest BCUT2D eigenvalue weighted by atomic mass is 10.4. The van der Waals surface area contributed by atoms with E-state index in [1.165, 1.54) is 16.7 Å². The predicted molar refractivity (Wildman–Crippen MR) is 68.5 cm³/mol. The number of rotatable bonds is 2. The quantitative estimate of drug-likeness (QED) is 0.845. The third-order valence-corrected chi connectivity index (χ3v) is 6.12. The summed E-state index contributed by atoms with van der Waals surface area (Å²) in [6, 6.07) is 3.09. The van der Waals surface area contributed by atoms with Gasteiger partial charge in [-0.1, -0.05) is 11.6 Å². The summed E-state index contributed by atoms with van der Waals surface area (Å²) < 4.78 is 28.5. The Bertz CT molecular complexity index is 678. The van der Waals surface area contributed by atoms with Crippen molar-refractivity contribution in [3.05, 3.63) is 22.8 Å².